The second-order valence-corrected chi connectivity index (χ2v) is 10.9. The molecule has 2 aromatic rings. The lowest BCUT2D eigenvalue weighted by Gasteiger charge is -2.35. The maximum atomic E-state index is 13.0. The van der Waals surface area contributed by atoms with Crippen LogP contribution in [-0.4, -0.2) is 56.8 Å². The van der Waals surface area contributed by atoms with Gasteiger partial charge in [-0.25, -0.2) is 8.42 Å². The number of nitrogens with zero attached hydrogens (tertiary/aromatic N) is 2. The van der Waals surface area contributed by atoms with Gasteiger partial charge in [0.05, 0.1) is 17.2 Å². The van der Waals surface area contributed by atoms with Crippen molar-refractivity contribution < 1.29 is 17.9 Å². The predicted octanol–water partition coefficient (Wildman–Crippen LogP) is 4.35. The molecule has 0 spiro atoms. The smallest absolute Gasteiger partial charge is 0.244 e. The summed E-state index contributed by atoms with van der Waals surface area (Å²) in [6.07, 6.45) is 3.46. The van der Waals surface area contributed by atoms with Crippen LogP contribution in [0.15, 0.2) is 41.3 Å². The fourth-order valence-corrected chi connectivity index (χ4v) is 6.73. The number of ether oxygens (including phenoxy) is 1. The summed E-state index contributed by atoms with van der Waals surface area (Å²) >= 11 is 12.1. The van der Waals surface area contributed by atoms with Crippen LogP contribution in [0.3, 0.4) is 0 Å². The van der Waals surface area contributed by atoms with Gasteiger partial charge in [-0.3, -0.25) is 4.79 Å². The Kier molecular flexibility index (Phi) is 7.00. The number of halogens is 2. The third kappa shape index (κ3) is 4.62. The summed E-state index contributed by atoms with van der Waals surface area (Å²) in [5.74, 6) is 1.09. The number of methoxy groups -OCH3 is 1. The summed E-state index contributed by atoms with van der Waals surface area (Å²) in [7, 11) is -2.11. The molecule has 1 unspecified atom stereocenters. The normalized spacial score (nSPS) is 19.5. The zero-order chi connectivity index (χ0) is 22.9. The molecule has 0 bridgehead atoms. The van der Waals surface area contributed by atoms with Crippen LogP contribution in [0.25, 0.3) is 0 Å². The number of hydrogen-bond donors (Lipinski definition) is 0. The highest BCUT2D eigenvalue weighted by atomic mass is 35.5. The van der Waals surface area contributed by atoms with E-state index in [0.29, 0.717) is 19.5 Å². The van der Waals surface area contributed by atoms with Gasteiger partial charge in [-0.05, 0) is 60.6 Å². The number of sulfonamides is 1. The highest BCUT2D eigenvalue weighted by molar-refractivity contribution is 7.89. The second kappa shape index (κ2) is 9.59. The lowest BCUT2D eigenvalue weighted by Crippen LogP contribution is -2.50. The summed E-state index contributed by atoms with van der Waals surface area (Å²) in [5, 5.41) is 0.229. The molecule has 2 aromatic carbocycles. The van der Waals surface area contributed by atoms with Crippen LogP contribution >= 0.6 is 23.2 Å². The molecule has 1 fully saturated rings. The summed E-state index contributed by atoms with van der Waals surface area (Å²) in [6, 6.07) is 10.7. The first-order valence-corrected chi connectivity index (χ1v) is 12.9. The topological polar surface area (TPSA) is 66.9 Å². The molecule has 1 aliphatic heterocycles. The van der Waals surface area contributed by atoms with Crippen molar-refractivity contribution in [3.05, 3.63) is 57.6 Å². The van der Waals surface area contributed by atoms with Crippen LogP contribution in [0.1, 0.15) is 36.3 Å². The van der Waals surface area contributed by atoms with E-state index in [9.17, 15) is 13.2 Å². The molecule has 0 radical (unpaired) electrons. The van der Waals surface area contributed by atoms with Crippen molar-refractivity contribution in [1.29, 1.82) is 0 Å². The molecule has 0 aromatic heterocycles. The first-order chi connectivity index (χ1) is 15.3. The van der Waals surface area contributed by atoms with Crippen molar-refractivity contribution in [1.82, 2.24) is 9.21 Å². The average Bonchev–Trinajstić information content (AvgIpc) is 2.80. The molecule has 1 atom stereocenters. The third-order valence-corrected chi connectivity index (χ3v) is 9.21. The van der Waals surface area contributed by atoms with Gasteiger partial charge >= 0.3 is 0 Å². The summed E-state index contributed by atoms with van der Waals surface area (Å²) < 4.78 is 32.7. The average molecular weight is 497 g/mol. The molecule has 2 aliphatic rings. The predicted molar refractivity (Wildman–Crippen MR) is 125 cm³/mol. The molecule has 1 saturated heterocycles. The van der Waals surface area contributed by atoms with Gasteiger partial charge in [0, 0.05) is 32.6 Å². The summed E-state index contributed by atoms with van der Waals surface area (Å²) in [6.45, 7) is 1.18. The van der Waals surface area contributed by atoms with Crippen LogP contribution in [0.2, 0.25) is 10.0 Å². The van der Waals surface area contributed by atoms with Gasteiger partial charge in [0.25, 0.3) is 0 Å². The van der Waals surface area contributed by atoms with Crippen LogP contribution in [0.5, 0.6) is 5.75 Å². The first-order valence-electron chi connectivity index (χ1n) is 10.7. The minimum atomic E-state index is -3.77. The van der Waals surface area contributed by atoms with Gasteiger partial charge < -0.3 is 9.64 Å². The maximum Gasteiger partial charge on any atom is 0.244 e. The highest BCUT2D eigenvalue weighted by Crippen LogP contribution is 2.36. The van der Waals surface area contributed by atoms with Crippen molar-refractivity contribution in [2.45, 2.75) is 36.5 Å². The molecule has 4 rings (SSSR count). The van der Waals surface area contributed by atoms with Gasteiger partial charge in [-0.1, -0.05) is 35.3 Å². The molecule has 172 valence electrons. The highest BCUT2D eigenvalue weighted by Gasteiger charge is 2.33. The SMILES string of the molecule is COc1ccc2c(c1)CCCC2CC(=O)N1CCN(S(=O)(=O)c2cccc(Cl)c2Cl)CC1. The Balaban J connectivity index is 1.40. The molecule has 9 heteroatoms. The Morgan fingerprint density at radius 1 is 1.12 bits per heavy atom. The fraction of sp³-hybridized carbons (Fsp3) is 0.435. The van der Waals surface area contributed by atoms with E-state index in [-0.39, 0.29) is 39.9 Å². The Labute approximate surface area is 199 Å². The minimum absolute atomic E-state index is 0.000633. The Hall–Kier alpha value is -1.80. The molecular formula is C23H26Cl2N2O4S. The molecule has 1 amide bonds. The van der Waals surface area contributed by atoms with E-state index >= 15 is 0 Å². The maximum absolute atomic E-state index is 13.0. The summed E-state index contributed by atoms with van der Waals surface area (Å²) in [4.78, 5) is 14.8. The number of hydrogen-bond acceptors (Lipinski definition) is 4. The van der Waals surface area contributed by atoms with Crippen LogP contribution < -0.4 is 4.74 Å². The van der Waals surface area contributed by atoms with Crippen molar-refractivity contribution in [2.75, 3.05) is 33.3 Å². The minimum Gasteiger partial charge on any atom is -0.497 e. The van der Waals surface area contributed by atoms with Crippen LogP contribution in [0.4, 0.5) is 0 Å². The number of carbonyl (C=O) groups excluding carboxylic acids is 1. The zero-order valence-corrected chi connectivity index (χ0v) is 20.2. The van der Waals surface area contributed by atoms with E-state index < -0.39 is 10.0 Å². The number of rotatable bonds is 5. The monoisotopic (exact) mass is 496 g/mol. The third-order valence-electron chi connectivity index (χ3n) is 6.34. The lowest BCUT2D eigenvalue weighted by molar-refractivity contribution is -0.132. The zero-order valence-electron chi connectivity index (χ0n) is 17.9. The quantitative estimate of drug-likeness (QED) is 0.617. The number of amides is 1. The van der Waals surface area contributed by atoms with E-state index in [1.165, 1.54) is 21.5 Å². The van der Waals surface area contributed by atoms with Crippen molar-refractivity contribution >= 4 is 39.1 Å². The van der Waals surface area contributed by atoms with Crippen LogP contribution in [-0.2, 0) is 21.2 Å². The van der Waals surface area contributed by atoms with E-state index in [4.69, 9.17) is 27.9 Å². The van der Waals surface area contributed by atoms with E-state index in [2.05, 4.69) is 12.1 Å². The molecule has 1 heterocycles. The molecule has 6 nitrogen and oxygen atoms in total. The fourth-order valence-electron chi connectivity index (χ4n) is 4.57. The van der Waals surface area contributed by atoms with E-state index in [0.717, 1.165) is 25.0 Å². The van der Waals surface area contributed by atoms with Gasteiger partial charge in [0.15, 0.2) is 0 Å². The molecular weight excluding hydrogens is 471 g/mol. The van der Waals surface area contributed by atoms with E-state index in [1.54, 1.807) is 24.1 Å². The number of benzene rings is 2. The number of carbonyl (C=O) groups is 1. The molecule has 0 saturated carbocycles. The van der Waals surface area contributed by atoms with Gasteiger partial charge in [-0.2, -0.15) is 4.31 Å². The number of fused-ring (bicyclic) bond motifs is 1. The standard InChI is InChI=1S/C23H26Cl2N2O4S/c1-31-18-8-9-19-16(14-18)4-2-5-17(19)15-22(28)26-10-12-27(13-11-26)32(29,30)21-7-3-6-20(24)23(21)25/h3,6-9,14,17H,2,4-5,10-13,15H2,1H3. The van der Waals surface area contributed by atoms with Gasteiger partial charge in [0.2, 0.25) is 15.9 Å². The summed E-state index contributed by atoms with van der Waals surface area (Å²) in [5.41, 5.74) is 2.48. The number of piperazine rings is 1. The number of aryl methyl sites for hydroxylation is 1. The Bertz CT molecular complexity index is 1110. The van der Waals surface area contributed by atoms with Crippen molar-refractivity contribution in [3.8, 4) is 5.75 Å². The molecule has 1 aliphatic carbocycles. The largest absolute Gasteiger partial charge is 0.497 e. The second-order valence-electron chi connectivity index (χ2n) is 8.19. The molecule has 32 heavy (non-hydrogen) atoms. The Morgan fingerprint density at radius 3 is 2.59 bits per heavy atom. The Morgan fingerprint density at radius 2 is 1.88 bits per heavy atom. The van der Waals surface area contributed by atoms with Crippen LogP contribution in [0, 0.1) is 0 Å². The van der Waals surface area contributed by atoms with Gasteiger partial charge in [0.1, 0.15) is 10.6 Å². The lowest BCUT2D eigenvalue weighted by atomic mass is 9.80. The van der Waals surface area contributed by atoms with Crippen molar-refractivity contribution in [3.63, 3.8) is 0 Å². The van der Waals surface area contributed by atoms with E-state index in [1.807, 2.05) is 6.07 Å². The molecule has 0 N–H and O–H groups in total. The first kappa shape index (κ1) is 23.4. The van der Waals surface area contributed by atoms with Crippen molar-refractivity contribution in [2.24, 2.45) is 0 Å². The van der Waals surface area contributed by atoms with Gasteiger partial charge in [-0.15, -0.1) is 0 Å².